The van der Waals surface area contributed by atoms with E-state index in [1.807, 2.05) is 25.1 Å². The van der Waals surface area contributed by atoms with E-state index in [0.717, 1.165) is 4.90 Å². The van der Waals surface area contributed by atoms with Crippen molar-refractivity contribution in [2.24, 2.45) is 0 Å². The maximum Gasteiger partial charge on any atom is 0.326 e. The number of carbonyl (C=O) groups excluding carboxylic acids is 3. The van der Waals surface area contributed by atoms with E-state index in [2.05, 4.69) is 5.32 Å². The number of imide groups is 1. The molecular weight excluding hydrogens is 296 g/mol. The highest BCUT2D eigenvalue weighted by atomic mass is 16.6. The molecule has 1 N–H and O–H groups in total. The van der Waals surface area contributed by atoms with Crippen LogP contribution in [0.25, 0.3) is 0 Å². The number of benzene rings is 1. The molecule has 1 atom stereocenters. The third kappa shape index (κ3) is 3.36. The molecule has 1 unspecified atom stereocenters. The fourth-order valence-corrected chi connectivity index (χ4v) is 2.63. The second-order valence-electron chi connectivity index (χ2n) is 6.53. The lowest BCUT2D eigenvalue weighted by Crippen LogP contribution is -2.44. The Bertz CT molecular complexity index is 621. The molecule has 0 bridgehead atoms. The van der Waals surface area contributed by atoms with Crippen molar-refractivity contribution >= 4 is 17.9 Å². The van der Waals surface area contributed by atoms with E-state index in [-0.39, 0.29) is 0 Å². The molecule has 1 aliphatic rings. The first kappa shape index (κ1) is 17.0. The van der Waals surface area contributed by atoms with Gasteiger partial charge in [-0.15, -0.1) is 0 Å². The van der Waals surface area contributed by atoms with Crippen LogP contribution in [0.4, 0.5) is 4.79 Å². The van der Waals surface area contributed by atoms with Gasteiger partial charge in [0.1, 0.15) is 17.7 Å². The average Bonchev–Trinajstić information content (AvgIpc) is 2.71. The van der Waals surface area contributed by atoms with Gasteiger partial charge in [0.05, 0.1) is 0 Å². The number of hydrogen-bond donors (Lipinski definition) is 1. The topological polar surface area (TPSA) is 75.7 Å². The second-order valence-corrected chi connectivity index (χ2v) is 6.53. The Morgan fingerprint density at radius 2 is 1.83 bits per heavy atom. The van der Waals surface area contributed by atoms with Crippen LogP contribution in [-0.4, -0.2) is 35.0 Å². The van der Waals surface area contributed by atoms with Crippen molar-refractivity contribution in [2.75, 3.05) is 6.54 Å². The molecule has 1 fully saturated rings. The highest BCUT2D eigenvalue weighted by Gasteiger charge is 2.51. The van der Waals surface area contributed by atoms with Gasteiger partial charge in [0, 0.05) is 0 Å². The summed E-state index contributed by atoms with van der Waals surface area (Å²) in [5.41, 5.74) is -1.09. The van der Waals surface area contributed by atoms with Crippen molar-refractivity contribution < 1.29 is 19.1 Å². The van der Waals surface area contributed by atoms with E-state index in [9.17, 15) is 14.4 Å². The predicted octanol–water partition coefficient (Wildman–Crippen LogP) is 2.19. The van der Waals surface area contributed by atoms with Crippen LogP contribution in [0.5, 0.6) is 0 Å². The number of nitrogens with zero attached hydrogens (tertiary/aromatic N) is 1. The lowest BCUT2D eigenvalue weighted by Gasteiger charge is -2.26. The molecule has 6 heteroatoms. The number of amides is 3. The third-order valence-corrected chi connectivity index (χ3v) is 3.68. The summed E-state index contributed by atoms with van der Waals surface area (Å²) in [6, 6.07) is 8.46. The molecule has 6 nitrogen and oxygen atoms in total. The molecule has 1 heterocycles. The molecule has 1 aromatic rings. The van der Waals surface area contributed by atoms with E-state index < -0.39 is 35.6 Å². The van der Waals surface area contributed by atoms with Crippen LogP contribution >= 0.6 is 0 Å². The maximum atomic E-state index is 12.8. The molecule has 0 radical (unpaired) electrons. The van der Waals surface area contributed by atoms with Crippen LogP contribution in [0.2, 0.25) is 0 Å². The van der Waals surface area contributed by atoms with Crippen molar-refractivity contribution in [1.82, 2.24) is 10.2 Å². The quantitative estimate of drug-likeness (QED) is 0.682. The number of esters is 1. The summed E-state index contributed by atoms with van der Waals surface area (Å²) in [6.45, 7) is 6.63. The van der Waals surface area contributed by atoms with Gasteiger partial charge in [0.15, 0.2) is 0 Å². The van der Waals surface area contributed by atoms with Crippen molar-refractivity contribution in [2.45, 2.75) is 45.3 Å². The zero-order valence-electron chi connectivity index (χ0n) is 13.9. The van der Waals surface area contributed by atoms with Crippen LogP contribution in [0, 0.1) is 0 Å². The largest absolute Gasteiger partial charge is 0.459 e. The molecule has 0 spiro atoms. The minimum Gasteiger partial charge on any atom is -0.459 e. The summed E-state index contributed by atoms with van der Waals surface area (Å²) in [7, 11) is 0. The number of urea groups is 1. The standard InChI is InChI=1S/C17H22N2O4/c1-5-17(12-9-7-6-8-10-12)14(21)19(15(22)18-17)11-13(20)23-16(2,3)4/h6-10H,5,11H2,1-4H3,(H,18,22). The normalized spacial score (nSPS) is 21.3. The summed E-state index contributed by atoms with van der Waals surface area (Å²) in [5, 5.41) is 2.73. The molecule has 0 aromatic heterocycles. The lowest BCUT2D eigenvalue weighted by molar-refractivity contribution is -0.157. The van der Waals surface area contributed by atoms with Crippen molar-refractivity contribution in [3.05, 3.63) is 35.9 Å². The molecule has 1 aromatic carbocycles. The summed E-state index contributed by atoms with van der Waals surface area (Å²) in [5.74, 6) is -1.04. The molecule has 124 valence electrons. The van der Waals surface area contributed by atoms with Gasteiger partial charge in [0.2, 0.25) is 0 Å². The second kappa shape index (κ2) is 6.02. The Labute approximate surface area is 135 Å². The monoisotopic (exact) mass is 318 g/mol. The molecule has 1 aliphatic heterocycles. The van der Waals surface area contributed by atoms with Crippen LogP contribution in [0.3, 0.4) is 0 Å². The minimum atomic E-state index is -1.12. The van der Waals surface area contributed by atoms with Crippen molar-refractivity contribution in [1.29, 1.82) is 0 Å². The Kier molecular flexibility index (Phi) is 4.45. The number of ether oxygens (including phenoxy) is 1. The molecule has 1 saturated heterocycles. The SMILES string of the molecule is CCC1(c2ccccc2)NC(=O)N(CC(=O)OC(C)(C)C)C1=O. The van der Waals surface area contributed by atoms with Gasteiger partial charge in [0.25, 0.3) is 5.91 Å². The number of carbonyl (C=O) groups is 3. The van der Waals surface area contributed by atoms with Gasteiger partial charge in [-0.25, -0.2) is 4.79 Å². The highest BCUT2D eigenvalue weighted by Crippen LogP contribution is 2.32. The van der Waals surface area contributed by atoms with Crippen molar-refractivity contribution in [3.8, 4) is 0 Å². The fraction of sp³-hybridized carbons (Fsp3) is 0.471. The number of nitrogens with one attached hydrogen (secondary N) is 1. The molecule has 3 amide bonds. The van der Waals surface area contributed by atoms with Gasteiger partial charge in [-0.3, -0.25) is 14.5 Å². The smallest absolute Gasteiger partial charge is 0.326 e. The molecule has 0 aliphatic carbocycles. The lowest BCUT2D eigenvalue weighted by atomic mass is 9.87. The zero-order chi connectivity index (χ0) is 17.3. The van der Waals surface area contributed by atoms with Crippen LogP contribution < -0.4 is 5.32 Å². The fourth-order valence-electron chi connectivity index (χ4n) is 2.63. The van der Waals surface area contributed by atoms with Crippen molar-refractivity contribution in [3.63, 3.8) is 0 Å². The van der Waals surface area contributed by atoms with E-state index in [1.54, 1.807) is 32.9 Å². The summed E-state index contributed by atoms with van der Waals surface area (Å²) >= 11 is 0. The third-order valence-electron chi connectivity index (χ3n) is 3.68. The van der Waals surface area contributed by atoms with Gasteiger partial charge in [-0.2, -0.15) is 0 Å². The first-order valence-corrected chi connectivity index (χ1v) is 7.61. The van der Waals surface area contributed by atoms with Gasteiger partial charge >= 0.3 is 12.0 Å². The van der Waals surface area contributed by atoms with Crippen LogP contribution in [-0.2, 0) is 19.9 Å². The highest BCUT2D eigenvalue weighted by molar-refractivity contribution is 6.09. The molecule has 0 saturated carbocycles. The summed E-state index contributed by atoms with van der Waals surface area (Å²) in [4.78, 5) is 37.9. The van der Waals surface area contributed by atoms with E-state index in [0.29, 0.717) is 12.0 Å². The Morgan fingerprint density at radius 1 is 1.22 bits per heavy atom. The molecule has 23 heavy (non-hydrogen) atoms. The minimum absolute atomic E-state index is 0.392. The van der Waals surface area contributed by atoms with Gasteiger partial charge in [-0.05, 0) is 32.8 Å². The Balaban J connectivity index is 2.24. The number of hydrogen-bond acceptors (Lipinski definition) is 4. The molecular formula is C17H22N2O4. The first-order chi connectivity index (χ1) is 10.7. The van der Waals surface area contributed by atoms with Gasteiger partial charge in [-0.1, -0.05) is 37.3 Å². The summed E-state index contributed by atoms with van der Waals surface area (Å²) in [6.07, 6.45) is 0.395. The van der Waals surface area contributed by atoms with E-state index >= 15 is 0 Å². The summed E-state index contributed by atoms with van der Waals surface area (Å²) < 4.78 is 5.19. The van der Waals surface area contributed by atoms with E-state index in [1.165, 1.54) is 0 Å². The van der Waals surface area contributed by atoms with E-state index in [4.69, 9.17) is 4.74 Å². The van der Waals surface area contributed by atoms with Gasteiger partial charge < -0.3 is 10.1 Å². The van der Waals surface area contributed by atoms with Crippen LogP contribution in [0.1, 0.15) is 39.7 Å². The average molecular weight is 318 g/mol. The Hall–Kier alpha value is -2.37. The predicted molar refractivity (Wildman–Crippen MR) is 84.5 cm³/mol. The van der Waals surface area contributed by atoms with Crippen LogP contribution in [0.15, 0.2) is 30.3 Å². The Morgan fingerprint density at radius 3 is 2.35 bits per heavy atom. The maximum absolute atomic E-state index is 12.8. The number of rotatable bonds is 4. The molecule has 2 rings (SSSR count). The zero-order valence-corrected chi connectivity index (χ0v) is 13.9. The first-order valence-electron chi connectivity index (χ1n) is 7.61.